The second-order valence-electron chi connectivity index (χ2n) is 5.33. The molecule has 0 amide bonds. The Morgan fingerprint density at radius 1 is 1.28 bits per heavy atom. The maximum absolute atomic E-state index is 10.7. The smallest absolute Gasteiger partial charge is 0.330 e. The lowest BCUT2D eigenvalue weighted by Gasteiger charge is -2.30. The normalized spacial score (nSPS) is 12.6. The van der Waals surface area contributed by atoms with Crippen LogP contribution in [0.4, 0.5) is 0 Å². The lowest BCUT2D eigenvalue weighted by molar-refractivity contribution is -0.132. The molecule has 0 aliphatic carbocycles. The minimum absolute atomic E-state index is 0.0305. The third-order valence-corrected chi connectivity index (χ3v) is 2.72. The van der Waals surface area contributed by atoms with Crippen LogP contribution in [0.1, 0.15) is 27.2 Å². The standard InChI is InChI=1S/C15H25NO2/c1-6-10-16(11-7-2)12-15(4,5)9-8-13(3)14(17)18/h6-8H,1-2,9-12H2,3-5H3,(H,17,18)/b13-8+. The summed E-state index contributed by atoms with van der Waals surface area (Å²) in [7, 11) is 0. The highest BCUT2D eigenvalue weighted by Gasteiger charge is 2.20. The summed E-state index contributed by atoms with van der Waals surface area (Å²) in [6, 6.07) is 0. The number of carboxylic acid groups (broad SMARTS) is 1. The van der Waals surface area contributed by atoms with E-state index in [0.717, 1.165) is 26.1 Å². The van der Waals surface area contributed by atoms with Crippen molar-refractivity contribution in [1.29, 1.82) is 0 Å². The second kappa shape index (κ2) is 7.88. The first-order valence-electron chi connectivity index (χ1n) is 6.16. The van der Waals surface area contributed by atoms with Crippen LogP contribution >= 0.6 is 0 Å². The number of rotatable bonds is 9. The SMILES string of the molecule is C=CCN(CC=C)CC(C)(C)C/C=C(\C)C(=O)O. The van der Waals surface area contributed by atoms with E-state index in [-0.39, 0.29) is 5.41 Å². The van der Waals surface area contributed by atoms with Gasteiger partial charge >= 0.3 is 5.97 Å². The molecule has 0 saturated carbocycles. The molecule has 0 atom stereocenters. The third kappa shape index (κ3) is 7.07. The van der Waals surface area contributed by atoms with Crippen molar-refractivity contribution in [3.05, 3.63) is 37.0 Å². The molecule has 0 aliphatic heterocycles. The predicted molar refractivity (Wildman–Crippen MR) is 76.6 cm³/mol. The summed E-state index contributed by atoms with van der Waals surface area (Å²) >= 11 is 0. The highest BCUT2D eigenvalue weighted by atomic mass is 16.4. The van der Waals surface area contributed by atoms with Crippen LogP contribution in [0.15, 0.2) is 37.0 Å². The van der Waals surface area contributed by atoms with Crippen molar-refractivity contribution in [2.45, 2.75) is 27.2 Å². The lowest BCUT2D eigenvalue weighted by atomic mass is 9.87. The van der Waals surface area contributed by atoms with E-state index >= 15 is 0 Å². The predicted octanol–water partition coefficient (Wildman–Crippen LogP) is 3.11. The highest BCUT2D eigenvalue weighted by Crippen LogP contribution is 2.23. The van der Waals surface area contributed by atoms with E-state index in [1.54, 1.807) is 13.0 Å². The minimum Gasteiger partial charge on any atom is -0.478 e. The van der Waals surface area contributed by atoms with Gasteiger partial charge < -0.3 is 5.11 Å². The van der Waals surface area contributed by atoms with Crippen molar-refractivity contribution >= 4 is 5.97 Å². The van der Waals surface area contributed by atoms with E-state index in [0.29, 0.717) is 5.57 Å². The average molecular weight is 251 g/mol. The molecule has 0 aliphatic rings. The van der Waals surface area contributed by atoms with E-state index in [1.807, 2.05) is 12.2 Å². The van der Waals surface area contributed by atoms with Crippen LogP contribution in [0, 0.1) is 5.41 Å². The molecule has 0 heterocycles. The molecule has 0 bridgehead atoms. The lowest BCUT2D eigenvalue weighted by Crippen LogP contribution is -2.34. The topological polar surface area (TPSA) is 40.5 Å². The molecule has 0 spiro atoms. The van der Waals surface area contributed by atoms with Crippen molar-refractivity contribution < 1.29 is 9.90 Å². The van der Waals surface area contributed by atoms with E-state index in [9.17, 15) is 4.79 Å². The molecule has 18 heavy (non-hydrogen) atoms. The second-order valence-corrected chi connectivity index (χ2v) is 5.33. The van der Waals surface area contributed by atoms with Gasteiger partial charge in [0.15, 0.2) is 0 Å². The van der Waals surface area contributed by atoms with Gasteiger partial charge in [0.05, 0.1) is 0 Å². The van der Waals surface area contributed by atoms with Gasteiger partial charge in [-0.25, -0.2) is 4.79 Å². The van der Waals surface area contributed by atoms with Crippen LogP contribution in [0.25, 0.3) is 0 Å². The van der Waals surface area contributed by atoms with Crippen molar-refractivity contribution in [3.63, 3.8) is 0 Å². The Kier molecular flexibility index (Phi) is 7.29. The summed E-state index contributed by atoms with van der Waals surface area (Å²) in [4.78, 5) is 13.0. The zero-order valence-corrected chi connectivity index (χ0v) is 11.8. The summed E-state index contributed by atoms with van der Waals surface area (Å²) in [6.07, 6.45) is 6.29. The van der Waals surface area contributed by atoms with Crippen LogP contribution in [-0.2, 0) is 4.79 Å². The van der Waals surface area contributed by atoms with Crippen molar-refractivity contribution in [1.82, 2.24) is 4.90 Å². The van der Waals surface area contributed by atoms with Gasteiger partial charge in [-0.05, 0) is 18.8 Å². The fourth-order valence-electron chi connectivity index (χ4n) is 1.76. The first-order valence-corrected chi connectivity index (χ1v) is 6.16. The van der Waals surface area contributed by atoms with E-state index < -0.39 is 5.97 Å². The zero-order chi connectivity index (χ0) is 14.2. The monoisotopic (exact) mass is 251 g/mol. The molecule has 3 nitrogen and oxygen atoms in total. The summed E-state index contributed by atoms with van der Waals surface area (Å²) in [5, 5.41) is 8.82. The summed E-state index contributed by atoms with van der Waals surface area (Å²) in [5.41, 5.74) is 0.435. The fraction of sp³-hybridized carbons (Fsp3) is 0.533. The Bertz CT molecular complexity index is 319. The first-order chi connectivity index (χ1) is 8.32. The van der Waals surface area contributed by atoms with Crippen molar-refractivity contribution in [3.8, 4) is 0 Å². The molecule has 0 unspecified atom stereocenters. The van der Waals surface area contributed by atoms with Crippen molar-refractivity contribution in [2.75, 3.05) is 19.6 Å². The van der Waals surface area contributed by atoms with Crippen LogP contribution in [0.5, 0.6) is 0 Å². The maximum Gasteiger partial charge on any atom is 0.330 e. The number of hydrogen-bond donors (Lipinski definition) is 1. The molecule has 0 aromatic rings. The Morgan fingerprint density at radius 2 is 1.78 bits per heavy atom. The number of allylic oxidation sites excluding steroid dienone is 1. The van der Waals surface area contributed by atoms with E-state index in [1.165, 1.54) is 0 Å². The van der Waals surface area contributed by atoms with Gasteiger partial charge in [-0.1, -0.05) is 32.1 Å². The molecule has 0 aromatic carbocycles. The van der Waals surface area contributed by atoms with Crippen LogP contribution in [0.3, 0.4) is 0 Å². The fourth-order valence-corrected chi connectivity index (χ4v) is 1.76. The number of aliphatic carboxylic acids is 1. The Morgan fingerprint density at radius 3 is 2.17 bits per heavy atom. The van der Waals surface area contributed by atoms with Gasteiger partial charge in [-0.3, -0.25) is 4.90 Å². The van der Waals surface area contributed by atoms with E-state index in [2.05, 4.69) is 31.9 Å². The largest absolute Gasteiger partial charge is 0.478 e. The number of hydrogen-bond acceptors (Lipinski definition) is 2. The Labute approximate surface area is 110 Å². The van der Waals surface area contributed by atoms with Crippen LogP contribution in [-0.4, -0.2) is 35.6 Å². The number of nitrogens with zero attached hydrogens (tertiary/aromatic N) is 1. The van der Waals surface area contributed by atoms with Gasteiger partial charge in [0.1, 0.15) is 0 Å². The Balaban J connectivity index is 4.51. The molecule has 0 rings (SSSR count). The Hall–Kier alpha value is -1.35. The molecule has 1 N–H and O–H groups in total. The molecule has 3 heteroatoms. The molecule has 0 saturated heterocycles. The summed E-state index contributed by atoms with van der Waals surface area (Å²) < 4.78 is 0. The van der Waals surface area contributed by atoms with Gasteiger partial charge in [0.2, 0.25) is 0 Å². The van der Waals surface area contributed by atoms with Crippen LogP contribution < -0.4 is 0 Å². The summed E-state index contributed by atoms with van der Waals surface area (Å²) in [6.45, 7) is 15.9. The molecule has 102 valence electrons. The molecular formula is C15H25NO2. The average Bonchev–Trinajstić information content (AvgIpc) is 2.26. The van der Waals surface area contributed by atoms with Crippen molar-refractivity contribution in [2.24, 2.45) is 5.41 Å². The van der Waals surface area contributed by atoms with Gasteiger partial charge in [0, 0.05) is 25.2 Å². The quantitative estimate of drug-likeness (QED) is 0.505. The van der Waals surface area contributed by atoms with E-state index in [4.69, 9.17) is 5.11 Å². The minimum atomic E-state index is -0.847. The number of carbonyl (C=O) groups is 1. The van der Waals surface area contributed by atoms with Crippen LogP contribution in [0.2, 0.25) is 0 Å². The third-order valence-electron chi connectivity index (χ3n) is 2.72. The first kappa shape index (κ1) is 16.6. The molecular weight excluding hydrogens is 226 g/mol. The highest BCUT2D eigenvalue weighted by molar-refractivity contribution is 5.85. The van der Waals surface area contributed by atoms with Gasteiger partial charge in [-0.15, -0.1) is 13.2 Å². The maximum atomic E-state index is 10.7. The molecule has 0 radical (unpaired) electrons. The summed E-state index contributed by atoms with van der Waals surface area (Å²) in [5.74, 6) is -0.847. The van der Waals surface area contributed by atoms with Gasteiger partial charge in [-0.2, -0.15) is 0 Å². The van der Waals surface area contributed by atoms with Gasteiger partial charge in [0.25, 0.3) is 0 Å². The molecule has 0 aromatic heterocycles. The molecule has 0 fully saturated rings. The zero-order valence-electron chi connectivity index (χ0n) is 11.8. The number of carboxylic acids is 1.